The summed E-state index contributed by atoms with van der Waals surface area (Å²) in [7, 11) is 7.63. The zero-order valence-corrected chi connectivity index (χ0v) is 15.5. The number of allylic oxidation sites excluding steroid dienone is 1. The van der Waals surface area contributed by atoms with Crippen LogP contribution in [-0.2, 0) is 0 Å². The molecule has 0 saturated carbocycles. The van der Waals surface area contributed by atoms with Crippen molar-refractivity contribution in [1.29, 1.82) is 0 Å². The van der Waals surface area contributed by atoms with E-state index in [1.165, 1.54) is 27.4 Å². The molecule has 0 spiro atoms. The number of carbonyl (C=O) groups excluding carboxylic acids is 1. The minimum atomic E-state index is -0.224. The van der Waals surface area contributed by atoms with Crippen LogP contribution in [0.5, 0.6) is 28.7 Å². The lowest BCUT2D eigenvalue weighted by Crippen LogP contribution is -2.02. The molecule has 0 bridgehead atoms. The number of hydrogen-bond donors (Lipinski definition) is 0. The Morgan fingerprint density at radius 2 is 1.35 bits per heavy atom. The van der Waals surface area contributed by atoms with Crippen molar-refractivity contribution in [2.45, 2.75) is 0 Å². The molecule has 2 aromatic carbocycles. The molecule has 0 aromatic heterocycles. The molecule has 0 heterocycles. The van der Waals surface area contributed by atoms with E-state index in [2.05, 4.69) is 0 Å². The van der Waals surface area contributed by atoms with E-state index >= 15 is 0 Å². The maximum Gasteiger partial charge on any atom is 0.204 e. The molecule has 0 aliphatic carbocycles. The van der Waals surface area contributed by atoms with Crippen molar-refractivity contribution < 1.29 is 28.5 Å². The zero-order valence-electron chi connectivity index (χ0n) is 15.5. The topological polar surface area (TPSA) is 63.2 Å². The Morgan fingerprint density at radius 3 is 1.92 bits per heavy atom. The Balaban J connectivity index is 2.34. The molecule has 26 heavy (non-hydrogen) atoms. The van der Waals surface area contributed by atoms with Gasteiger partial charge in [-0.25, -0.2) is 0 Å². The summed E-state index contributed by atoms with van der Waals surface area (Å²) in [5.74, 6) is 2.18. The van der Waals surface area contributed by atoms with Gasteiger partial charge in [-0.3, -0.25) is 4.79 Å². The largest absolute Gasteiger partial charge is 0.493 e. The molecular weight excluding hydrogens is 336 g/mol. The Kier molecular flexibility index (Phi) is 6.49. The van der Waals surface area contributed by atoms with E-state index in [4.69, 9.17) is 23.7 Å². The highest BCUT2D eigenvalue weighted by Gasteiger charge is 2.19. The first-order valence-electron chi connectivity index (χ1n) is 7.83. The summed E-state index contributed by atoms with van der Waals surface area (Å²) in [6.07, 6.45) is 3.16. The molecule has 0 N–H and O–H groups in total. The van der Waals surface area contributed by atoms with Crippen molar-refractivity contribution in [2.24, 2.45) is 0 Å². The van der Waals surface area contributed by atoms with Crippen molar-refractivity contribution in [3.05, 3.63) is 47.5 Å². The molecule has 0 aliphatic heterocycles. The predicted octanol–water partition coefficient (Wildman–Crippen LogP) is 3.63. The third-order valence-corrected chi connectivity index (χ3v) is 3.80. The fourth-order valence-electron chi connectivity index (χ4n) is 2.51. The van der Waals surface area contributed by atoms with Crippen LogP contribution < -0.4 is 23.7 Å². The van der Waals surface area contributed by atoms with Gasteiger partial charge in [-0.15, -0.1) is 0 Å². The van der Waals surface area contributed by atoms with E-state index in [1.807, 2.05) is 6.07 Å². The fraction of sp³-hybridized carbons (Fsp3) is 0.250. The number of hydrogen-bond acceptors (Lipinski definition) is 6. The quantitative estimate of drug-likeness (QED) is 0.530. The fourth-order valence-corrected chi connectivity index (χ4v) is 2.51. The second-order valence-electron chi connectivity index (χ2n) is 5.19. The smallest absolute Gasteiger partial charge is 0.204 e. The molecule has 0 aliphatic rings. The van der Waals surface area contributed by atoms with E-state index in [1.54, 1.807) is 44.6 Å². The average molecular weight is 358 g/mol. The van der Waals surface area contributed by atoms with Crippen LogP contribution in [0, 0.1) is 0 Å². The molecule has 0 amide bonds. The monoisotopic (exact) mass is 358 g/mol. The second-order valence-corrected chi connectivity index (χ2v) is 5.19. The summed E-state index contributed by atoms with van der Waals surface area (Å²) in [4.78, 5) is 12.6. The van der Waals surface area contributed by atoms with E-state index in [9.17, 15) is 4.79 Å². The Bertz CT molecular complexity index is 810. The van der Waals surface area contributed by atoms with Gasteiger partial charge in [0.25, 0.3) is 0 Å². The van der Waals surface area contributed by atoms with Crippen LogP contribution in [0.1, 0.15) is 15.9 Å². The Hall–Kier alpha value is -3.15. The molecule has 0 saturated heterocycles. The number of methoxy groups -OCH3 is 5. The normalized spacial score (nSPS) is 10.5. The molecule has 138 valence electrons. The van der Waals surface area contributed by atoms with Gasteiger partial charge in [0, 0.05) is 0 Å². The summed E-state index contributed by atoms with van der Waals surface area (Å²) in [6.45, 7) is 0. The molecule has 0 atom stereocenters. The van der Waals surface area contributed by atoms with Crippen LogP contribution >= 0.6 is 0 Å². The number of carbonyl (C=O) groups is 1. The SMILES string of the molecule is COc1ccc(C=CC(=O)c2ccc(OC)c(OC)c2OC)cc1OC. The lowest BCUT2D eigenvalue weighted by Gasteiger charge is -2.14. The van der Waals surface area contributed by atoms with Gasteiger partial charge in [0.15, 0.2) is 28.8 Å². The second kappa shape index (κ2) is 8.80. The highest BCUT2D eigenvalue weighted by molar-refractivity contribution is 6.09. The number of ether oxygens (including phenoxy) is 5. The third kappa shape index (κ3) is 3.91. The summed E-state index contributed by atoms with van der Waals surface area (Å²) in [6, 6.07) is 8.70. The molecule has 2 aromatic rings. The molecule has 6 heteroatoms. The highest BCUT2D eigenvalue weighted by Crippen LogP contribution is 2.40. The van der Waals surface area contributed by atoms with E-state index in [0.29, 0.717) is 34.3 Å². The lowest BCUT2D eigenvalue weighted by molar-refractivity contribution is 0.104. The van der Waals surface area contributed by atoms with Crippen LogP contribution in [0.2, 0.25) is 0 Å². The van der Waals surface area contributed by atoms with Gasteiger partial charge in [-0.1, -0.05) is 12.1 Å². The number of rotatable bonds is 8. The van der Waals surface area contributed by atoms with Gasteiger partial charge in [0.2, 0.25) is 5.75 Å². The van der Waals surface area contributed by atoms with Crippen molar-refractivity contribution in [3.63, 3.8) is 0 Å². The number of benzene rings is 2. The van der Waals surface area contributed by atoms with Gasteiger partial charge in [-0.2, -0.15) is 0 Å². The van der Waals surface area contributed by atoms with Gasteiger partial charge in [0.05, 0.1) is 41.1 Å². The first-order valence-corrected chi connectivity index (χ1v) is 7.83. The molecular formula is C20H22O6. The van der Waals surface area contributed by atoms with E-state index in [0.717, 1.165) is 5.56 Å². The standard InChI is InChI=1S/C20H22O6/c1-22-16-10-7-13(12-18(16)24-3)6-9-15(21)14-8-11-17(23-2)20(26-5)19(14)25-4/h6-12H,1-5H3. The lowest BCUT2D eigenvalue weighted by atomic mass is 10.1. The van der Waals surface area contributed by atoms with E-state index < -0.39 is 0 Å². The van der Waals surface area contributed by atoms with Crippen LogP contribution in [0.15, 0.2) is 36.4 Å². The van der Waals surface area contributed by atoms with E-state index in [-0.39, 0.29) is 5.78 Å². The van der Waals surface area contributed by atoms with Crippen molar-refractivity contribution in [1.82, 2.24) is 0 Å². The summed E-state index contributed by atoms with van der Waals surface area (Å²) < 4.78 is 26.4. The highest BCUT2D eigenvalue weighted by atomic mass is 16.5. The van der Waals surface area contributed by atoms with Gasteiger partial charge < -0.3 is 23.7 Å². The Morgan fingerprint density at radius 1 is 0.731 bits per heavy atom. The van der Waals surface area contributed by atoms with Crippen molar-refractivity contribution in [3.8, 4) is 28.7 Å². The van der Waals surface area contributed by atoms with Crippen LogP contribution in [0.25, 0.3) is 6.08 Å². The molecule has 0 unspecified atom stereocenters. The van der Waals surface area contributed by atoms with Crippen molar-refractivity contribution in [2.75, 3.05) is 35.5 Å². The first kappa shape index (κ1) is 19.2. The van der Waals surface area contributed by atoms with Crippen LogP contribution in [0.4, 0.5) is 0 Å². The predicted molar refractivity (Wildman–Crippen MR) is 99.0 cm³/mol. The summed E-state index contributed by atoms with van der Waals surface area (Å²) in [5.41, 5.74) is 1.18. The summed E-state index contributed by atoms with van der Waals surface area (Å²) in [5, 5.41) is 0. The Labute approximate surface area is 152 Å². The minimum absolute atomic E-state index is 0.224. The number of ketones is 1. The molecule has 0 radical (unpaired) electrons. The average Bonchev–Trinajstić information content (AvgIpc) is 2.70. The van der Waals surface area contributed by atoms with Crippen molar-refractivity contribution >= 4 is 11.9 Å². The summed E-state index contributed by atoms with van der Waals surface area (Å²) >= 11 is 0. The third-order valence-electron chi connectivity index (χ3n) is 3.80. The minimum Gasteiger partial charge on any atom is -0.493 e. The first-order chi connectivity index (χ1) is 12.6. The molecule has 2 rings (SSSR count). The zero-order chi connectivity index (χ0) is 19.1. The maximum atomic E-state index is 12.6. The molecule has 0 fully saturated rings. The van der Waals surface area contributed by atoms with Gasteiger partial charge >= 0.3 is 0 Å². The van der Waals surface area contributed by atoms with Gasteiger partial charge in [-0.05, 0) is 35.9 Å². The molecule has 6 nitrogen and oxygen atoms in total. The van der Waals surface area contributed by atoms with Crippen LogP contribution in [-0.4, -0.2) is 41.3 Å². The van der Waals surface area contributed by atoms with Crippen LogP contribution in [0.3, 0.4) is 0 Å². The van der Waals surface area contributed by atoms with Gasteiger partial charge in [0.1, 0.15) is 0 Å². The maximum absolute atomic E-state index is 12.6.